The minimum Gasteiger partial charge on any atom is -0.465 e. The lowest BCUT2D eigenvalue weighted by Gasteiger charge is -2.37. The minimum absolute atomic E-state index is 0.154. The van der Waals surface area contributed by atoms with Crippen molar-refractivity contribution in [3.8, 4) is 0 Å². The van der Waals surface area contributed by atoms with Crippen molar-refractivity contribution in [3.05, 3.63) is 0 Å². The van der Waals surface area contributed by atoms with E-state index in [1.54, 1.807) is 0 Å². The second kappa shape index (κ2) is 3.46. The number of ether oxygens (including phenoxy) is 1. The van der Waals surface area contributed by atoms with Crippen LogP contribution in [0.5, 0.6) is 0 Å². The van der Waals surface area contributed by atoms with Gasteiger partial charge in [-0.15, -0.1) is 0 Å². The molecule has 0 bridgehead atoms. The highest BCUT2D eigenvalue weighted by Gasteiger charge is 2.32. The van der Waals surface area contributed by atoms with Gasteiger partial charge in [0, 0.05) is 0 Å². The van der Waals surface area contributed by atoms with Crippen molar-refractivity contribution in [3.63, 3.8) is 0 Å². The average Bonchev–Trinajstić information content (AvgIpc) is 1.82. The molecule has 0 radical (unpaired) electrons. The molecule has 12 heavy (non-hydrogen) atoms. The van der Waals surface area contributed by atoms with E-state index in [0.717, 1.165) is 12.8 Å². The highest BCUT2D eigenvalue weighted by molar-refractivity contribution is 5.37. The second-order valence-electron chi connectivity index (χ2n) is 4.77. The van der Waals surface area contributed by atoms with E-state index in [1.165, 1.54) is 6.42 Å². The van der Waals surface area contributed by atoms with E-state index in [1.807, 2.05) is 0 Å². The van der Waals surface area contributed by atoms with Gasteiger partial charge in [0.05, 0.1) is 0 Å². The number of rotatable bonds is 2. The van der Waals surface area contributed by atoms with Crippen LogP contribution < -0.4 is 0 Å². The van der Waals surface area contributed by atoms with Crippen LogP contribution in [0.2, 0.25) is 0 Å². The fraction of sp³-hybridized carbons (Fsp3) is 0.900. The SMILES string of the molecule is C[C@@H]1C[C@H](OC=O)CC(C)(C)C1. The van der Waals surface area contributed by atoms with Crippen molar-refractivity contribution < 1.29 is 9.53 Å². The molecule has 0 aliphatic heterocycles. The summed E-state index contributed by atoms with van der Waals surface area (Å²) in [5, 5.41) is 0. The summed E-state index contributed by atoms with van der Waals surface area (Å²) in [6.45, 7) is 7.29. The van der Waals surface area contributed by atoms with Gasteiger partial charge in [0.2, 0.25) is 0 Å². The molecular formula is C10H18O2. The number of carbonyl (C=O) groups excluding carboxylic acids is 1. The maximum absolute atomic E-state index is 10.2. The zero-order chi connectivity index (χ0) is 9.19. The molecule has 0 aromatic carbocycles. The standard InChI is InChI=1S/C10H18O2/c1-8-4-9(12-7-11)6-10(2,3)5-8/h7-9H,4-6H2,1-3H3/t8-,9+/m1/s1. The molecule has 2 nitrogen and oxygen atoms in total. The van der Waals surface area contributed by atoms with Crippen LogP contribution in [0.3, 0.4) is 0 Å². The zero-order valence-electron chi connectivity index (χ0n) is 8.17. The summed E-state index contributed by atoms with van der Waals surface area (Å²) < 4.78 is 5.01. The first-order valence-corrected chi connectivity index (χ1v) is 4.62. The van der Waals surface area contributed by atoms with Crippen molar-refractivity contribution >= 4 is 6.47 Å². The molecule has 0 spiro atoms. The predicted octanol–water partition coefficient (Wildman–Crippen LogP) is 2.37. The van der Waals surface area contributed by atoms with Gasteiger partial charge in [0.1, 0.15) is 6.10 Å². The predicted molar refractivity (Wildman–Crippen MR) is 47.7 cm³/mol. The number of hydrogen-bond acceptors (Lipinski definition) is 2. The van der Waals surface area contributed by atoms with Gasteiger partial charge >= 0.3 is 0 Å². The van der Waals surface area contributed by atoms with Gasteiger partial charge in [-0.2, -0.15) is 0 Å². The summed E-state index contributed by atoms with van der Waals surface area (Å²) in [4.78, 5) is 10.2. The molecule has 1 aliphatic carbocycles. The fourth-order valence-corrected chi connectivity index (χ4v) is 2.44. The maximum atomic E-state index is 10.2. The summed E-state index contributed by atoms with van der Waals surface area (Å²) in [5.74, 6) is 0.679. The summed E-state index contributed by atoms with van der Waals surface area (Å²) in [5.41, 5.74) is 0.339. The lowest BCUT2D eigenvalue weighted by molar-refractivity contribution is -0.137. The fourth-order valence-electron chi connectivity index (χ4n) is 2.44. The Kier molecular flexibility index (Phi) is 2.76. The molecule has 70 valence electrons. The van der Waals surface area contributed by atoms with Crippen LogP contribution in [0, 0.1) is 11.3 Å². The van der Waals surface area contributed by atoms with Gasteiger partial charge in [-0.25, -0.2) is 0 Å². The Morgan fingerprint density at radius 3 is 2.58 bits per heavy atom. The zero-order valence-corrected chi connectivity index (χ0v) is 8.17. The Hall–Kier alpha value is -0.530. The third-order valence-corrected chi connectivity index (χ3v) is 2.59. The molecule has 1 saturated carbocycles. The Bertz CT molecular complexity index is 163. The highest BCUT2D eigenvalue weighted by atomic mass is 16.5. The molecule has 2 heteroatoms. The Balaban J connectivity index is 2.51. The second-order valence-corrected chi connectivity index (χ2v) is 4.77. The third-order valence-electron chi connectivity index (χ3n) is 2.59. The Labute approximate surface area is 74.3 Å². The normalized spacial score (nSPS) is 34.2. The molecule has 0 amide bonds. The largest absolute Gasteiger partial charge is 0.465 e. The van der Waals surface area contributed by atoms with E-state index in [-0.39, 0.29) is 6.10 Å². The van der Waals surface area contributed by atoms with Gasteiger partial charge in [0.25, 0.3) is 6.47 Å². The quantitative estimate of drug-likeness (QED) is 0.595. The van der Waals surface area contributed by atoms with Crippen LogP contribution in [-0.4, -0.2) is 12.6 Å². The van der Waals surface area contributed by atoms with Gasteiger partial charge in [-0.3, -0.25) is 4.79 Å². The average molecular weight is 170 g/mol. The molecule has 0 N–H and O–H groups in total. The summed E-state index contributed by atoms with van der Waals surface area (Å²) in [7, 11) is 0. The molecule has 2 atom stereocenters. The van der Waals surface area contributed by atoms with E-state index in [0.29, 0.717) is 17.8 Å². The van der Waals surface area contributed by atoms with Crippen LogP contribution in [0.25, 0.3) is 0 Å². The van der Waals surface area contributed by atoms with Gasteiger partial charge in [-0.05, 0) is 30.6 Å². The van der Waals surface area contributed by atoms with Gasteiger partial charge in [-0.1, -0.05) is 20.8 Å². The summed E-state index contributed by atoms with van der Waals surface area (Å²) in [6.07, 6.45) is 3.44. The summed E-state index contributed by atoms with van der Waals surface area (Å²) >= 11 is 0. The Morgan fingerprint density at radius 2 is 2.08 bits per heavy atom. The minimum atomic E-state index is 0.154. The van der Waals surface area contributed by atoms with Crippen LogP contribution in [0.15, 0.2) is 0 Å². The Morgan fingerprint density at radius 1 is 1.42 bits per heavy atom. The van der Waals surface area contributed by atoms with Crippen LogP contribution in [0.4, 0.5) is 0 Å². The van der Waals surface area contributed by atoms with Gasteiger partial charge in [0.15, 0.2) is 0 Å². The van der Waals surface area contributed by atoms with Crippen LogP contribution >= 0.6 is 0 Å². The lowest BCUT2D eigenvalue weighted by Crippen LogP contribution is -2.32. The summed E-state index contributed by atoms with van der Waals surface area (Å²) in [6, 6.07) is 0. The van der Waals surface area contributed by atoms with E-state index >= 15 is 0 Å². The maximum Gasteiger partial charge on any atom is 0.293 e. The van der Waals surface area contributed by atoms with E-state index < -0.39 is 0 Å². The monoisotopic (exact) mass is 170 g/mol. The van der Waals surface area contributed by atoms with Crippen LogP contribution in [-0.2, 0) is 9.53 Å². The third kappa shape index (κ3) is 2.50. The van der Waals surface area contributed by atoms with Crippen molar-refractivity contribution in [2.24, 2.45) is 11.3 Å². The first kappa shape index (κ1) is 9.56. The molecule has 0 aromatic rings. The molecule has 0 heterocycles. The molecular weight excluding hydrogens is 152 g/mol. The molecule has 0 unspecified atom stereocenters. The van der Waals surface area contributed by atoms with Gasteiger partial charge < -0.3 is 4.74 Å². The van der Waals surface area contributed by atoms with E-state index in [9.17, 15) is 4.79 Å². The van der Waals surface area contributed by atoms with Crippen molar-refractivity contribution in [1.82, 2.24) is 0 Å². The molecule has 0 aromatic heterocycles. The van der Waals surface area contributed by atoms with Crippen molar-refractivity contribution in [2.45, 2.75) is 46.1 Å². The number of hydrogen-bond donors (Lipinski definition) is 0. The molecule has 1 fully saturated rings. The topological polar surface area (TPSA) is 26.3 Å². The smallest absolute Gasteiger partial charge is 0.293 e. The number of carbonyl (C=O) groups is 1. The molecule has 1 aliphatic rings. The first-order valence-electron chi connectivity index (χ1n) is 4.62. The molecule has 0 saturated heterocycles. The lowest BCUT2D eigenvalue weighted by atomic mass is 9.71. The van der Waals surface area contributed by atoms with Crippen molar-refractivity contribution in [2.75, 3.05) is 0 Å². The van der Waals surface area contributed by atoms with E-state index in [4.69, 9.17) is 4.74 Å². The molecule has 1 rings (SSSR count). The van der Waals surface area contributed by atoms with Crippen molar-refractivity contribution in [1.29, 1.82) is 0 Å². The first-order chi connectivity index (χ1) is 5.53. The van der Waals surface area contributed by atoms with Crippen LogP contribution in [0.1, 0.15) is 40.0 Å². The highest BCUT2D eigenvalue weighted by Crippen LogP contribution is 2.39. The van der Waals surface area contributed by atoms with E-state index in [2.05, 4.69) is 20.8 Å².